The molecule has 0 bridgehead atoms. The molecule has 1 aromatic carbocycles. The molecule has 120 valence electrons. The molecule has 0 aliphatic carbocycles. The van der Waals surface area contributed by atoms with Gasteiger partial charge in [0.05, 0.1) is 13.2 Å². The Labute approximate surface area is 126 Å². The lowest BCUT2D eigenvalue weighted by Crippen LogP contribution is -2.34. The summed E-state index contributed by atoms with van der Waals surface area (Å²) in [5.41, 5.74) is 0.570. The third-order valence-corrected chi connectivity index (χ3v) is 3.44. The number of nitrogens with zero attached hydrogens (tertiary/aromatic N) is 1. The van der Waals surface area contributed by atoms with E-state index in [1.807, 2.05) is 20.8 Å². The van der Waals surface area contributed by atoms with Gasteiger partial charge in [0.15, 0.2) is 0 Å². The van der Waals surface area contributed by atoms with Gasteiger partial charge in [-0.15, -0.1) is 0 Å². The summed E-state index contributed by atoms with van der Waals surface area (Å²) in [5, 5.41) is 9.31. The molecule has 0 aliphatic rings. The second kappa shape index (κ2) is 9.71. The molecule has 1 rings (SSSR count). The molecule has 0 aliphatic heterocycles. The number of hydrogen-bond donors (Lipinski definition) is 1. The molecule has 1 atom stereocenters. The number of ether oxygens (including phenoxy) is 2. The van der Waals surface area contributed by atoms with E-state index in [1.54, 1.807) is 6.07 Å². The molecular weight excluding hydrogens is 273 g/mol. The molecule has 1 unspecified atom stereocenters. The second-order valence-electron chi connectivity index (χ2n) is 4.81. The standard InChI is InChI=1S/C16H26FNO3/c1-4-20-10-8-18(9-11-21-5-2)13(3)15-7-6-14(19)12-16(15)17/h6-7,12-13,19H,4-5,8-11H2,1-3H3. The maximum absolute atomic E-state index is 14.0. The van der Waals surface area contributed by atoms with E-state index in [0.717, 1.165) is 6.07 Å². The average molecular weight is 299 g/mol. The molecule has 1 N–H and O–H groups in total. The molecule has 4 nitrogen and oxygen atoms in total. The third-order valence-electron chi connectivity index (χ3n) is 3.44. The normalized spacial score (nSPS) is 12.8. The van der Waals surface area contributed by atoms with E-state index >= 15 is 0 Å². The van der Waals surface area contributed by atoms with Crippen molar-refractivity contribution in [1.82, 2.24) is 4.90 Å². The minimum atomic E-state index is -0.389. The van der Waals surface area contributed by atoms with Crippen LogP contribution in [0.3, 0.4) is 0 Å². The molecule has 0 aromatic heterocycles. The third kappa shape index (κ3) is 5.99. The van der Waals surface area contributed by atoms with E-state index in [9.17, 15) is 9.50 Å². The Hall–Kier alpha value is -1.17. The molecule has 0 radical (unpaired) electrons. The molecule has 0 spiro atoms. The van der Waals surface area contributed by atoms with Crippen molar-refractivity contribution in [1.29, 1.82) is 0 Å². The van der Waals surface area contributed by atoms with Crippen LogP contribution in [0.5, 0.6) is 5.75 Å². The molecule has 1 aromatic rings. The van der Waals surface area contributed by atoms with Gasteiger partial charge in [-0.25, -0.2) is 4.39 Å². The van der Waals surface area contributed by atoms with E-state index in [-0.39, 0.29) is 17.6 Å². The summed E-state index contributed by atoms with van der Waals surface area (Å²) in [6, 6.07) is 4.18. The molecule has 0 amide bonds. The Morgan fingerprint density at radius 3 is 2.19 bits per heavy atom. The second-order valence-corrected chi connectivity index (χ2v) is 4.81. The molecule has 0 fully saturated rings. The van der Waals surface area contributed by atoms with Crippen molar-refractivity contribution in [3.63, 3.8) is 0 Å². The Morgan fingerprint density at radius 1 is 1.14 bits per heavy atom. The minimum absolute atomic E-state index is 0.0568. The van der Waals surface area contributed by atoms with Gasteiger partial charge in [0, 0.05) is 44.0 Å². The SMILES string of the molecule is CCOCCN(CCOCC)C(C)c1ccc(O)cc1F. The Kier molecular flexibility index (Phi) is 8.27. The van der Waals surface area contributed by atoms with Crippen LogP contribution in [0.1, 0.15) is 32.4 Å². The molecule has 0 saturated carbocycles. The van der Waals surface area contributed by atoms with E-state index in [2.05, 4.69) is 4.90 Å². The molecule has 0 heterocycles. The van der Waals surface area contributed by atoms with Gasteiger partial charge in [0.1, 0.15) is 11.6 Å². The number of rotatable bonds is 10. The summed E-state index contributed by atoms with van der Waals surface area (Å²) >= 11 is 0. The van der Waals surface area contributed by atoms with Crippen molar-refractivity contribution in [2.75, 3.05) is 39.5 Å². The highest BCUT2D eigenvalue weighted by Crippen LogP contribution is 2.25. The summed E-state index contributed by atoms with van der Waals surface area (Å²) in [4.78, 5) is 2.13. The van der Waals surface area contributed by atoms with Crippen LogP contribution in [0.4, 0.5) is 4.39 Å². The van der Waals surface area contributed by atoms with Gasteiger partial charge in [0.25, 0.3) is 0 Å². The fraction of sp³-hybridized carbons (Fsp3) is 0.625. The number of benzene rings is 1. The van der Waals surface area contributed by atoms with Gasteiger partial charge < -0.3 is 14.6 Å². The van der Waals surface area contributed by atoms with Crippen molar-refractivity contribution in [2.45, 2.75) is 26.8 Å². The highest BCUT2D eigenvalue weighted by Gasteiger charge is 2.19. The lowest BCUT2D eigenvalue weighted by Gasteiger charge is -2.29. The van der Waals surface area contributed by atoms with Crippen LogP contribution in [-0.2, 0) is 9.47 Å². The summed E-state index contributed by atoms with van der Waals surface area (Å²) in [5.74, 6) is -0.445. The van der Waals surface area contributed by atoms with Crippen LogP contribution < -0.4 is 0 Å². The molecular formula is C16H26FNO3. The Bertz CT molecular complexity index is 405. The quantitative estimate of drug-likeness (QED) is 0.674. The summed E-state index contributed by atoms with van der Waals surface area (Å²) < 4.78 is 24.8. The highest BCUT2D eigenvalue weighted by molar-refractivity contribution is 5.29. The van der Waals surface area contributed by atoms with Crippen LogP contribution in [0.15, 0.2) is 18.2 Å². The number of phenols is 1. The zero-order valence-electron chi connectivity index (χ0n) is 13.1. The van der Waals surface area contributed by atoms with Crippen LogP contribution in [0.25, 0.3) is 0 Å². The summed E-state index contributed by atoms with van der Waals surface area (Å²) in [6.07, 6.45) is 0. The van der Waals surface area contributed by atoms with Crippen molar-refractivity contribution in [2.24, 2.45) is 0 Å². The first kappa shape index (κ1) is 17.9. The van der Waals surface area contributed by atoms with E-state index in [1.165, 1.54) is 6.07 Å². The van der Waals surface area contributed by atoms with Crippen LogP contribution in [0.2, 0.25) is 0 Å². The molecule has 0 saturated heterocycles. The van der Waals surface area contributed by atoms with Crippen LogP contribution in [-0.4, -0.2) is 49.5 Å². The fourth-order valence-corrected chi connectivity index (χ4v) is 2.20. The zero-order valence-corrected chi connectivity index (χ0v) is 13.1. The van der Waals surface area contributed by atoms with Crippen molar-refractivity contribution < 1.29 is 19.0 Å². The molecule has 21 heavy (non-hydrogen) atoms. The van der Waals surface area contributed by atoms with Gasteiger partial charge in [0.2, 0.25) is 0 Å². The van der Waals surface area contributed by atoms with Gasteiger partial charge in [-0.3, -0.25) is 4.90 Å². The number of aromatic hydroxyl groups is 1. The van der Waals surface area contributed by atoms with Gasteiger partial charge in [-0.2, -0.15) is 0 Å². The van der Waals surface area contributed by atoms with E-state index in [0.29, 0.717) is 45.1 Å². The van der Waals surface area contributed by atoms with Gasteiger partial charge in [-0.05, 0) is 26.8 Å². The predicted molar refractivity (Wildman–Crippen MR) is 81.0 cm³/mol. The number of phenolic OH excluding ortho intramolecular Hbond substituents is 1. The summed E-state index contributed by atoms with van der Waals surface area (Å²) in [7, 11) is 0. The number of halogens is 1. The summed E-state index contributed by atoms with van der Waals surface area (Å²) in [6.45, 7) is 9.82. The Balaban J connectivity index is 2.73. The lowest BCUT2D eigenvalue weighted by atomic mass is 10.1. The van der Waals surface area contributed by atoms with Crippen LogP contribution in [0, 0.1) is 5.82 Å². The maximum Gasteiger partial charge on any atom is 0.131 e. The van der Waals surface area contributed by atoms with E-state index < -0.39 is 0 Å². The van der Waals surface area contributed by atoms with Crippen molar-refractivity contribution in [3.8, 4) is 5.75 Å². The first-order valence-electron chi connectivity index (χ1n) is 7.48. The predicted octanol–water partition coefficient (Wildman–Crippen LogP) is 2.97. The average Bonchev–Trinajstić information content (AvgIpc) is 2.45. The number of hydrogen-bond acceptors (Lipinski definition) is 4. The van der Waals surface area contributed by atoms with Crippen molar-refractivity contribution in [3.05, 3.63) is 29.6 Å². The molecule has 5 heteroatoms. The lowest BCUT2D eigenvalue weighted by molar-refractivity contribution is 0.0654. The maximum atomic E-state index is 14.0. The smallest absolute Gasteiger partial charge is 0.131 e. The highest BCUT2D eigenvalue weighted by atomic mass is 19.1. The van der Waals surface area contributed by atoms with Crippen LogP contribution >= 0.6 is 0 Å². The fourth-order valence-electron chi connectivity index (χ4n) is 2.20. The minimum Gasteiger partial charge on any atom is -0.508 e. The topological polar surface area (TPSA) is 41.9 Å². The van der Waals surface area contributed by atoms with Gasteiger partial charge >= 0.3 is 0 Å². The van der Waals surface area contributed by atoms with E-state index in [4.69, 9.17) is 9.47 Å². The first-order chi connectivity index (χ1) is 10.1. The Morgan fingerprint density at radius 2 is 1.71 bits per heavy atom. The van der Waals surface area contributed by atoms with Gasteiger partial charge in [-0.1, -0.05) is 6.07 Å². The monoisotopic (exact) mass is 299 g/mol. The largest absolute Gasteiger partial charge is 0.508 e. The first-order valence-corrected chi connectivity index (χ1v) is 7.48. The van der Waals surface area contributed by atoms with Crippen molar-refractivity contribution >= 4 is 0 Å². The zero-order chi connectivity index (χ0) is 15.7.